The van der Waals surface area contributed by atoms with Crippen LogP contribution < -0.4 is 21.3 Å². The first-order valence-electron chi connectivity index (χ1n) is 31.2. The minimum Gasteiger partial charge on any atom is -0.481 e. The standard InChI is InChI=1S/C59H100N8O20S.H2/c1-44(45(2)68)20-16-17-31-60-53(72)30-28-51(59(80)81)63-55(74)29-25-46(57(76)77)40-49(71)41-86-37-36-85-34-32-61-56(75)42-87-38-35-84-33-18-22-47(69)26-27-50(58(78)79)62-54(73)24-19-39-88(82,83)43-48(70)21-14-12-10-8-6-4-3-5-7-9-11-13-15-23-52-64-66-67-65-52;/h44,46,50-51H,3-43H2,1-2H3,(H,60,72)(H,61,75)(H,62,73)(H,63,74)(H,76,77)(H,78,79)(H,80,81)(H,64,65,66,67);1H/t44-,46+,50-,51-;/m0./s1. The molecule has 0 aromatic carbocycles. The quantitative estimate of drug-likeness (QED) is 0.0419. The lowest BCUT2D eigenvalue weighted by Gasteiger charge is -2.16. The average Bonchev–Trinajstić information content (AvgIpc) is 4.08. The lowest BCUT2D eigenvalue weighted by atomic mass is 9.97. The van der Waals surface area contributed by atoms with E-state index in [-0.39, 0.29) is 147 Å². The van der Waals surface area contributed by atoms with Gasteiger partial charge in [-0.05, 0) is 64.7 Å². The number of aryl methyl sites for hydroxylation is 1. The monoisotopic (exact) mass is 1270 g/mol. The normalized spacial score (nSPS) is 12.8. The third-order valence-electron chi connectivity index (χ3n) is 14.3. The molecule has 0 unspecified atom stereocenters. The van der Waals surface area contributed by atoms with E-state index in [0.717, 1.165) is 50.8 Å². The molecule has 0 saturated heterocycles. The van der Waals surface area contributed by atoms with E-state index < -0.39 is 93.9 Å². The molecular weight excluding hydrogens is 1170 g/mol. The van der Waals surface area contributed by atoms with Crippen molar-refractivity contribution in [2.75, 3.05) is 77.5 Å². The van der Waals surface area contributed by atoms with E-state index >= 15 is 0 Å². The number of nitrogens with zero attached hydrogens (tertiary/aromatic N) is 3. The summed E-state index contributed by atoms with van der Waals surface area (Å²) in [6, 6.07) is -2.73. The van der Waals surface area contributed by atoms with E-state index in [2.05, 4.69) is 41.9 Å². The van der Waals surface area contributed by atoms with Crippen LogP contribution >= 0.6 is 0 Å². The fraction of sp³-hybridized carbons (Fsp3) is 0.797. The lowest BCUT2D eigenvalue weighted by molar-refractivity contribution is -0.145. The Kier molecular flexibility index (Phi) is 46.0. The Balaban J connectivity index is 0.0000774. The molecule has 0 aliphatic heterocycles. The summed E-state index contributed by atoms with van der Waals surface area (Å²) in [4.78, 5) is 133. The number of sulfone groups is 1. The van der Waals surface area contributed by atoms with Gasteiger partial charge in [0.25, 0.3) is 0 Å². The van der Waals surface area contributed by atoms with E-state index in [1.807, 2.05) is 6.92 Å². The van der Waals surface area contributed by atoms with Gasteiger partial charge >= 0.3 is 17.9 Å². The fourth-order valence-corrected chi connectivity index (χ4v) is 10.3. The molecule has 0 aliphatic rings. The number of amides is 4. The number of rotatable bonds is 61. The molecule has 1 rings (SSSR count). The predicted octanol–water partition coefficient (Wildman–Crippen LogP) is 4.40. The van der Waals surface area contributed by atoms with E-state index in [9.17, 15) is 76.5 Å². The first-order valence-corrected chi connectivity index (χ1v) is 33.0. The van der Waals surface area contributed by atoms with Crippen molar-refractivity contribution >= 4 is 74.5 Å². The summed E-state index contributed by atoms with van der Waals surface area (Å²) in [5.41, 5.74) is 0. The Morgan fingerprint density at radius 1 is 0.500 bits per heavy atom. The number of unbranched alkanes of at least 4 members (excludes halogenated alkanes) is 13. The van der Waals surface area contributed by atoms with Gasteiger partial charge in [-0.2, -0.15) is 5.21 Å². The Bertz CT molecular complexity index is 2330. The number of ether oxygens (including phenoxy) is 4. The van der Waals surface area contributed by atoms with Crippen LogP contribution in [-0.4, -0.2) is 199 Å². The maximum absolute atomic E-state index is 12.5. The molecule has 0 radical (unpaired) electrons. The molecule has 88 heavy (non-hydrogen) atoms. The van der Waals surface area contributed by atoms with Crippen LogP contribution in [0.3, 0.4) is 0 Å². The van der Waals surface area contributed by atoms with Crippen molar-refractivity contribution in [2.24, 2.45) is 11.8 Å². The second-order valence-electron chi connectivity index (χ2n) is 22.1. The van der Waals surface area contributed by atoms with E-state index in [1.54, 1.807) is 0 Å². The number of ketones is 4. The first-order chi connectivity index (χ1) is 42.1. The van der Waals surface area contributed by atoms with Crippen molar-refractivity contribution in [1.29, 1.82) is 0 Å². The number of carboxylic acids is 3. The molecule has 1 aromatic rings. The van der Waals surface area contributed by atoms with Gasteiger partial charge in [0.05, 0.1) is 44.7 Å². The minimum atomic E-state index is -3.74. The minimum absolute atomic E-state index is 0. The number of carbonyl (C=O) groups excluding carboxylic acids is 8. The molecule has 0 aliphatic carbocycles. The van der Waals surface area contributed by atoms with Crippen LogP contribution in [0, 0.1) is 11.8 Å². The predicted molar refractivity (Wildman–Crippen MR) is 322 cm³/mol. The summed E-state index contributed by atoms with van der Waals surface area (Å²) in [6.45, 7) is 3.72. The van der Waals surface area contributed by atoms with Crippen molar-refractivity contribution in [1.82, 2.24) is 41.9 Å². The molecular formula is C59H102N8O20S. The largest absolute Gasteiger partial charge is 0.481 e. The van der Waals surface area contributed by atoms with Crippen LogP contribution in [0.15, 0.2) is 0 Å². The van der Waals surface area contributed by atoms with Gasteiger partial charge in [-0.1, -0.05) is 89.2 Å². The SMILES string of the molecule is CC(=O)[C@@H](C)CCCCNC(=O)CC[C@H](NC(=O)CC[C@H](CC(=O)COCCOCCNC(=O)COCCOCCCC(=O)CC[C@H](NC(=O)CCCS(=O)(=O)CC(=O)CCCCCCCCCCCCCCCc1nn[nH]n1)C(=O)O)C(=O)O)C(=O)O.[HH]. The average molecular weight is 1280 g/mol. The lowest BCUT2D eigenvalue weighted by Crippen LogP contribution is -2.42. The number of nitrogens with one attached hydrogen (secondary N) is 5. The maximum Gasteiger partial charge on any atom is 0.326 e. The summed E-state index contributed by atoms with van der Waals surface area (Å²) in [5, 5.41) is 52.6. The summed E-state index contributed by atoms with van der Waals surface area (Å²) in [5.74, 6) is -8.83. The second-order valence-corrected chi connectivity index (χ2v) is 24.3. The van der Waals surface area contributed by atoms with Crippen LogP contribution in [0.5, 0.6) is 0 Å². The molecule has 0 saturated carbocycles. The topological polar surface area (TPSA) is 422 Å². The molecule has 8 N–H and O–H groups in total. The number of hydrogen-bond donors (Lipinski definition) is 8. The first kappa shape index (κ1) is 79.8. The molecule has 28 nitrogen and oxygen atoms in total. The van der Waals surface area contributed by atoms with Crippen LogP contribution in [0.1, 0.15) is 201 Å². The molecule has 29 heteroatoms. The van der Waals surface area contributed by atoms with Gasteiger partial charge in [-0.25, -0.2) is 18.0 Å². The zero-order valence-corrected chi connectivity index (χ0v) is 52.6. The Labute approximate surface area is 518 Å². The molecule has 4 amide bonds. The molecule has 1 aromatic heterocycles. The van der Waals surface area contributed by atoms with Crippen molar-refractivity contribution in [2.45, 2.75) is 212 Å². The van der Waals surface area contributed by atoms with Crippen LogP contribution in [0.25, 0.3) is 0 Å². The molecule has 4 atom stereocenters. The van der Waals surface area contributed by atoms with Gasteiger partial charge in [-0.15, -0.1) is 10.2 Å². The number of tetrazole rings is 1. The van der Waals surface area contributed by atoms with Gasteiger partial charge < -0.3 is 55.5 Å². The van der Waals surface area contributed by atoms with Gasteiger partial charge in [0.2, 0.25) is 23.6 Å². The molecule has 0 fully saturated rings. The highest BCUT2D eigenvalue weighted by Gasteiger charge is 2.26. The number of hydrogen-bond acceptors (Lipinski definition) is 20. The van der Waals surface area contributed by atoms with Gasteiger partial charge in [0, 0.05) is 78.4 Å². The summed E-state index contributed by atoms with van der Waals surface area (Å²) in [6.07, 6.45) is 15.7. The second kappa shape index (κ2) is 50.7. The van der Waals surface area contributed by atoms with E-state index in [1.165, 1.54) is 51.9 Å². The summed E-state index contributed by atoms with van der Waals surface area (Å²) in [7, 11) is -3.74. The van der Waals surface area contributed by atoms with Crippen molar-refractivity contribution < 1.29 is 96.9 Å². The zero-order chi connectivity index (χ0) is 65.2. The van der Waals surface area contributed by atoms with Gasteiger partial charge in [0.15, 0.2) is 21.4 Å². The third-order valence-corrected chi connectivity index (χ3v) is 16.0. The van der Waals surface area contributed by atoms with Gasteiger partial charge in [-0.3, -0.25) is 43.2 Å². The van der Waals surface area contributed by atoms with Crippen LogP contribution in [0.4, 0.5) is 0 Å². The molecule has 1 heterocycles. The van der Waals surface area contributed by atoms with Crippen molar-refractivity contribution in [3.63, 3.8) is 0 Å². The highest BCUT2D eigenvalue weighted by Crippen LogP contribution is 2.16. The summed E-state index contributed by atoms with van der Waals surface area (Å²) >= 11 is 0. The number of H-pyrrole nitrogens is 1. The van der Waals surface area contributed by atoms with Crippen molar-refractivity contribution in [3.8, 4) is 0 Å². The Morgan fingerprint density at radius 2 is 1.03 bits per heavy atom. The van der Waals surface area contributed by atoms with Crippen molar-refractivity contribution in [3.05, 3.63) is 5.82 Å². The number of carboxylic acid groups (broad SMARTS) is 3. The Morgan fingerprint density at radius 3 is 1.62 bits per heavy atom. The van der Waals surface area contributed by atoms with Crippen LogP contribution in [-0.2, 0) is 87.9 Å². The number of Topliss-reactive ketones (excluding diaryl/α,β-unsaturated/α-hetero) is 4. The van der Waals surface area contributed by atoms with Gasteiger partial charge in [0.1, 0.15) is 48.4 Å². The number of aromatic amines is 1. The van der Waals surface area contributed by atoms with Crippen LogP contribution in [0.2, 0.25) is 0 Å². The Hall–Kier alpha value is -6.17. The number of carbonyl (C=O) groups is 11. The smallest absolute Gasteiger partial charge is 0.326 e. The molecule has 0 spiro atoms. The van der Waals surface area contributed by atoms with E-state index in [4.69, 9.17) is 18.9 Å². The summed E-state index contributed by atoms with van der Waals surface area (Å²) < 4.78 is 46.4. The fourth-order valence-electron chi connectivity index (χ4n) is 8.96. The number of aliphatic carboxylic acids is 3. The molecule has 0 bridgehead atoms. The highest BCUT2D eigenvalue weighted by atomic mass is 32.2. The third kappa shape index (κ3) is 46.0. The highest BCUT2D eigenvalue weighted by molar-refractivity contribution is 7.92. The van der Waals surface area contributed by atoms with E-state index in [0.29, 0.717) is 32.2 Å². The number of aromatic nitrogens is 4. The zero-order valence-electron chi connectivity index (χ0n) is 51.8. The maximum atomic E-state index is 12.5. The molecule has 504 valence electrons.